The molecule has 0 aliphatic heterocycles. The molecule has 2 atom stereocenters. The Morgan fingerprint density at radius 3 is 1.96 bits per heavy atom. The van der Waals surface area contributed by atoms with Crippen molar-refractivity contribution in [1.82, 2.24) is 5.32 Å². The predicted octanol–water partition coefficient (Wildman–Crippen LogP) is 8.91. The number of Topliss-reactive ketones (excluding diaryl/α,β-unsaturated/α-hetero) is 1. The van der Waals surface area contributed by atoms with Crippen LogP contribution in [-0.4, -0.2) is 54.2 Å². The van der Waals surface area contributed by atoms with E-state index in [9.17, 15) is 19.8 Å². The smallest absolute Gasteiger partial charge is 0.239 e. The molecule has 2 rings (SSSR count). The van der Waals surface area contributed by atoms with Gasteiger partial charge in [-0.25, -0.2) is 0 Å². The highest BCUT2D eigenvalue weighted by atomic mass is 16.3. The van der Waals surface area contributed by atoms with Crippen LogP contribution in [0.15, 0.2) is 48.6 Å². The van der Waals surface area contributed by atoms with Gasteiger partial charge < -0.3 is 20.4 Å². The molecule has 1 amide bonds. The van der Waals surface area contributed by atoms with E-state index >= 15 is 0 Å². The second kappa shape index (κ2) is 23.6. The summed E-state index contributed by atoms with van der Waals surface area (Å²) in [6.07, 6.45) is 24.0. The van der Waals surface area contributed by atoms with Gasteiger partial charge in [0, 0.05) is 24.7 Å². The first-order valence-corrected chi connectivity index (χ1v) is 17.9. The lowest BCUT2D eigenvalue weighted by atomic mass is 10.00. The van der Waals surface area contributed by atoms with Crippen LogP contribution in [0.25, 0.3) is 10.8 Å². The van der Waals surface area contributed by atoms with Crippen molar-refractivity contribution < 1.29 is 19.8 Å². The Labute approximate surface area is 273 Å². The lowest BCUT2D eigenvalue weighted by molar-refractivity contribution is -0.121. The molecule has 0 aliphatic carbocycles. The predicted molar refractivity (Wildman–Crippen MR) is 190 cm³/mol. The average molecular weight is 623 g/mol. The number of likely N-dealkylation sites (N-methyl/N-ethyl adjacent to an activating group) is 1. The second-order valence-electron chi connectivity index (χ2n) is 12.8. The molecule has 0 aromatic heterocycles. The number of ketones is 1. The molecule has 0 radical (unpaired) electrons. The van der Waals surface area contributed by atoms with Gasteiger partial charge in [-0.1, -0.05) is 134 Å². The van der Waals surface area contributed by atoms with Crippen LogP contribution in [0.4, 0.5) is 5.69 Å². The van der Waals surface area contributed by atoms with Gasteiger partial charge in [0.1, 0.15) is 0 Å². The fraction of sp³-hybridized carbons (Fsp3) is 0.641. The molecule has 0 saturated carbocycles. The van der Waals surface area contributed by atoms with E-state index in [2.05, 4.69) is 19.2 Å². The highest BCUT2D eigenvalue weighted by Gasteiger charge is 2.19. The summed E-state index contributed by atoms with van der Waals surface area (Å²) in [5, 5.41) is 25.1. The first-order valence-electron chi connectivity index (χ1n) is 17.9. The Balaban J connectivity index is 1.76. The number of aliphatic hydroxyl groups is 2. The van der Waals surface area contributed by atoms with E-state index in [0.717, 1.165) is 47.7 Å². The Bertz CT molecular complexity index is 1130. The number of hydrogen-bond donors (Lipinski definition) is 3. The lowest BCUT2D eigenvalue weighted by Gasteiger charge is -2.23. The Morgan fingerprint density at radius 2 is 1.33 bits per heavy atom. The number of benzene rings is 2. The molecular weight excluding hydrogens is 560 g/mol. The number of carbonyl (C=O) groups excluding carboxylic acids is 2. The topological polar surface area (TPSA) is 89.9 Å². The van der Waals surface area contributed by atoms with Crippen molar-refractivity contribution in [3.05, 3.63) is 54.1 Å². The van der Waals surface area contributed by atoms with Gasteiger partial charge in [-0.05, 0) is 48.2 Å². The first kappa shape index (κ1) is 38.5. The number of hydrogen-bond acceptors (Lipinski definition) is 5. The monoisotopic (exact) mass is 622 g/mol. The van der Waals surface area contributed by atoms with Crippen LogP contribution in [0.2, 0.25) is 0 Å². The number of anilines is 1. The summed E-state index contributed by atoms with van der Waals surface area (Å²) in [6, 6.07) is 11.1. The molecule has 0 spiro atoms. The Kier molecular flexibility index (Phi) is 20.2. The van der Waals surface area contributed by atoms with Crippen molar-refractivity contribution in [2.24, 2.45) is 0 Å². The summed E-state index contributed by atoms with van der Waals surface area (Å²) in [7, 11) is 1.84. The van der Waals surface area contributed by atoms with Crippen molar-refractivity contribution >= 4 is 28.2 Å². The Hall–Kier alpha value is -2.70. The number of nitrogens with zero attached hydrogens (tertiary/aromatic N) is 1. The van der Waals surface area contributed by atoms with Crippen molar-refractivity contribution in [2.75, 3.05) is 25.1 Å². The standard InChI is InChI=1S/C39H62N2O4/c1-4-6-8-10-12-14-16-18-20-22-37(43)34-25-24-33-29-35(27-26-32(33)28-34)41(3)30-39(45)40-36(31-42)38(44)23-21-19-17-15-13-11-9-7-5-2/h21,23-29,36,38,42,44H,4-20,22,30-31H2,1-3H3,(H,40,45)/b23-21+. The maximum atomic E-state index is 12.8. The molecule has 6 nitrogen and oxygen atoms in total. The molecule has 2 aromatic carbocycles. The summed E-state index contributed by atoms with van der Waals surface area (Å²) in [4.78, 5) is 27.4. The molecule has 0 saturated heterocycles. The fourth-order valence-electron chi connectivity index (χ4n) is 5.77. The van der Waals surface area contributed by atoms with E-state index in [4.69, 9.17) is 0 Å². The van der Waals surface area contributed by atoms with Crippen LogP contribution < -0.4 is 10.2 Å². The summed E-state index contributed by atoms with van der Waals surface area (Å²) in [5.41, 5.74) is 1.63. The van der Waals surface area contributed by atoms with Gasteiger partial charge >= 0.3 is 0 Å². The van der Waals surface area contributed by atoms with Crippen molar-refractivity contribution in [3.8, 4) is 0 Å². The largest absolute Gasteiger partial charge is 0.394 e. The highest BCUT2D eigenvalue weighted by Crippen LogP contribution is 2.24. The third kappa shape index (κ3) is 15.9. The molecule has 0 heterocycles. The van der Waals surface area contributed by atoms with Gasteiger partial charge in [-0.15, -0.1) is 0 Å². The number of unbranched alkanes of at least 4 members (excludes halogenated alkanes) is 15. The number of rotatable bonds is 26. The zero-order chi connectivity index (χ0) is 32.7. The average Bonchev–Trinajstić information content (AvgIpc) is 3.04. The van der Waals surface area contributed by atoms with E-state index in [1.54, 1.807) is 6.08 Å². The number of aliphatic hydroxyl groups excluding tert-OH is 2. The van der Waals surface area contributed by atoms with Crippen LogP contribution >= 0.6 is 0 Å². The van der Waals surface area contributed by atoms with E-state index < -0.39 is 12.1 Å². The minimum absolute atomic E-state index is 0.0891. The van der Waals surface area contributed by atoms with Gasteiger partial charge in [0.25, 0.3) is 0 Å². The van der Waals surface area contributed by atoms with Gasteiger partial charge in [0.2, 0.25) is 5.91 Å². The van der Waals surface area contributed by atoms with E-state index in [0.29, 0.717) is 6.42 Å². The van der Waals surface area contributed by atoms with Gasteiger partial charge in [0.05, 0.1) is 25.3 Å². The highest BCUT2D eigenvalue weighted by molar-refractivity contribution is 6.00. The number of amides is 1. The summed E-state index contributed by atoms with van der Waals surface area (Å²) in [5.74, 6) is -0.0698. The first-order chi connectivity index (χ1) is 21.9. The number of fused-ring (bicyclic) bond motifs is 1. The fourth-order valence-corrected chi connectivity index (χ4v) is 5.77. The van der Waals surface area contributed by atoms with Crippen LogP contribution in [0.3, 0.4) is 0 Å². The van der Waals surface area contributed by atoms with Gasteiger partial charge in [-0.3, -0.25) is 9.59 Å². The lowest BCUT2D eigenvalue weighted by Crippen LogP contribution is -2.48. The van der Waals surface area contributed by atoms with Crippen molar-refractivity contribution in [1.29, 1.82) is 0 Å². The molecule has 45 heavy (non-hydrogen) atoms. The van der Waals surface area contributed by atoms with Gasteiger partial charge in [-0.2, -0.15) is 0 Å². The molecule has 6 heteroatoms. The molecule has 2 aromatic rings. The third-order valence-corrected chi connectivity index (χ3v) is 8.74. The van der Waals surface area contributed by atoms with Crippen LogP contribution in [-0.2, 0) is 4.79 Å². The Morgan fingerprint density at radius 1 is 0.778 bits per heavy atom. The summed E-state index contributed by atoms with van der Waals surface area (Å²) < 4.78 is 0. The molecule has 252 valence electrons. The van der Waals surface area contributed by atoms with E-state index in [-0.39, 0.29) is 24.8 Å². The minimum Gasteiger partial charge on any atom is -0.394 e. The summed E-state index contributed by atoms with van der Waals surface area (Å²) >= 11 is 0. The normalized spacial score (nSPS) is 12.9. The SMILES string of the molecule is CCCCCCCCC/C=C/C(O)C(CO)NC(=O)CN(C)c1ccc2cc(C(=O)CCCCCCCCCCC)ccc2c1. The quantitative estimate of drug-likeness (QED) is 0.0554. The van der Waals surface area contributed by atoms with Gasteiger partial charge in [0.15, 0.2) is 5.78 Å². The van der Waals surface area contributed by atoms with Crippen molar-refractivity contribution in [3.63, 3.8) is 0 Å². The molecular formula is C39H62N2O4. The molecule has 0 aliphatic rings. The molecule has 0 bridgehead atoms. The number of allylic oxidation sites excluding steroid dienone is 1. The van der Waals surface area contributed by atoms with E-state index in [1.807, 2.05) is 54.4 Å². The minimum atomic E-state index is -0.938. The number of nitrogens with one attached hydrogen (secondary N) is 1. The molecule has 2 unspecified atom stereocenters. The zero-order valence-electron chi connectivity index (χ0n) is 28.6. The molecule has 3 N–H and O–H groups in total. The van der Waals surface area contributed by atoms with Crippen molar-refractivity contribution in [2.45, 2.75) is 142 Å². The second-order valence-corrected chi connectivity index (χ2v) is 12.8. The zero-order valence-corrected chi connectivity index (χ0v) is 28.6. The van der Waals surface area contributed by atoms with Crippen LogP contribution in [0.1, 0.15) is 140 Å². The van der Waals surface area contributed by atoms with E-state index in [1.165, 1.54) is 83.5 Å². The third-order valence-electron chi connectivity index (χ3n) is 8.74. The van der Waals surface area contributed by atoms with Crippen LogP contribution in [0.5, 0.6) is 0 Å². The molecule has 0 fully saturated rings. The maximum absolute atomic E-state index is 12.8. The summed E-state index contributed by atoms with van der Waals surface area (Å²) in [6.45, 7) is 4.22. The maximum Gasteiger partial charge on any atom is 0.239 e. The number of carbonyl (C=O) groups is 2. The van der Waals surface area contributed by atoms with Crippen LogP contribution in [0, 0.1) is 0 Å².